The molecular weight excluding hydrogens is 250 g/mol. The largest absolute Gasteiger partial charge is 0.316 e. The summed E-state index contributed by atoms with van der Waals surface area (Å²) in [6.45, 7) is 0. The predicted octanol–water partition coefficient (Wildman–Crippen LogP) is 3.97. The van der Waals surface area contributed by atoms with E-state index in [2.05, 4.69) is 18.4 Å². The van der Waals surface area contributed by atoms with Gasteiger partial charge in [0.25, 0.3) is 0 Å². The monoisotopic (exact) mass is 269 g/mol. The first-order chi connectivity index (χ1) is 8.26. The highest BCUT2D eigenvalue weighted by molar-refractivity contribution is 7.16. The first-order valence-corrected chi connectivity index (χ1v) is 7.87. The lowest BCUT2D eigenvalue weighted by atomic mass is 9.82. The van der Waals surface area contributed by atoms with Crippen LogP contribution in [-0.2, 0) is 6.42 Å². The van der Waals surface area contributed by atoms with Gasteiger partial charge in [-0.25, -0.2) is 0 Å². The minimum atomic E-state index is 0.653. The molecule has 3 rings (SSSR count). The minimum Gasteiger partial charge on any atom is -0.316 e. The smallest absolute Gasteiger partial charge is 0.0931 e. The van der Waals surface area contributed by atoms with Crippen LogP contribution in [-0.4, -0.2) is 13.1 Å². The summed E-state index contributed by atoms with van der Waals surface area (Å²) < 4.78 is 0.919. The van der Waals surface area contributed by atoms with Crippen LogP contribution in [0.25, 0.3) is 0 Å². The number of likely N-dealkylation sites (N-methyl/N-ethyl adjacent to an activating group) is 1. The van der Waals surface area contributed by atoms with E-state index in [0.717, 1.165) is 28.5 Å². The molecule has 0 aliphatic heterocycles. The van der Waals surface area contributed by atoms with Crippen molar-refractivity contribution < 1.29 is 0 Å². The van der Waals surface area contributed by atoms with Gasteiger partial charge in [-0.3, -0.25) is 0 Å². The molecule has 4 unspecified atom stereocenters. The number of fused-ring (bicyclic) bond motifs is 2. The van der Waals surface area contributed by atoms with Crippen molar-refractivity contribution >= 4 is 22.9 Å². The second-order valence-electron chi connectivity index (χ2n) is 5.64. The third-order valence-electron chi connectivity index (χ3n) is 4.73. The summed E-state index contributed by atoms with van der Waals surface area (Å²) in [5.74, 6) is 2.93. The molecule has 2 saturated carbocycles. The highest BCUT2D eigenvalue weighted by Gasteiger charge is 2.42. The predicted molar refractivity (Wildman–Crippen MR) is 74.8 cm³/mol. The molecule has 0 amide bonds. The molecule has 2 bridgehead atoms. The van der Waals surface area contributed by atoms with Crippen molar-refractivity contribution in [3.63, 3.8) is 0 Å². The number of hydrogen-bond donors (Lipinski definition) is 1. The third-order valence-corrected chi connectivity index (χ3v) is 5.98. The minimum absolute atomic E-state index is 0.653. The molecule has 1 aromatic rings. The number of hydrogen-bond acceptors (Lipinski definition) is 2. The Labute approximate surface area is 113 Å². The lowest BCUT2D eigenvalue weighted by Crippen LogP contribution is -2.38. The summed E-state index contributed by atoms with van der Waals surface area (Å²) in [5.41, 5.74) is 0. The van der Waals surface area contributed by atoms with Crippen LogP contribution < -0.4 is 5.32 Å². The van der Waals surface area contributed by atoms with Gasteiger partial charge in [-0.05, 0) is 62.6 Å². The highest BCUT2D eigenvalue weighted by Crippen LogP contribution is 2.50. The van der Waals surface area contributed by atoms with Crippen LogP contribution in [0.2, 0.25) is 4.34 Å². The summed E-state index contributed by atoms with van der Waals surface area (Å²) in [6.07, 6.45) is 7.06. The van der Waals surface area contributed by atoms with E-state index < -0.39 is 0 Å². The van der Waals surface area contributed by atoms with Gasteiger partial charge in [-0.15, -0.1) is 11.3 Å². The summed E-state index contributed by atoms with van der Waals surface area (Å²) in [7, 11) is 2.12. The molecule has 17 heavy (non-hydrogen) atoms. The SMILES string of the molecule is CNC(Cc1ccc(Cl)s1)C1CC2CCC1C2. The van der Waals surface area contributed by atoms with Crippen LogP contribution in [0, 0.1) is 17.8 Å². The Balaban J connectivity index is 1.67. The van der Waals surface area contributed by atoms with Crippen molar-refractivity contribution in [3.8, 4) is 0 Å². The van der Waals surface area contributed by atoms with Crippen LogP contribution in [0.4, 0.5) is 0 Å². The van der Waals surface area contributed by atoms with Crippen LogP contribution >= 0.6 is 22.9 Å². The zero-order chi connectivity index (χ0) is 11.8. The quantitative estimate of drug-likeness (QED) is 0.872. The van der Waals surface area contributed by atoms with Crippen LogP contribution in [0.3, 0.4) is 0 Å². The van der Waals surface area contributed by atoms with Gasteiger partial charge in [0.2, 0.25) is 0 Å². The molecule has 1 heterocycles. The van der Waals surface area contributed by atoms with E-state index >= 15 is 0 Å². The normalized spacial score (nSPS) is 33.2. The summed E-state index contributed by atoms with van der Waals surface area (Å²) >= 11 is 7.74. The second kappa shape index (κ2) is 4.91. The van der Waals surface area contributed by atoms with Gasteiger partial charge in [0.05, 0.1) is 4.34 Å². The molecule has 0 radical (unpaired) electrons. The van der Waals surface area contributed by atoms with Gasteiger partial charge < -0.3 is 5.32 Å². The number of thiophene rings is 1. The van der Waals surface area contributed by atoms with Gasteiger partial charge >= 0.3 is 0 Å². The van der Waals surface area contributed by atoms with E-state index in [0.29, 0.717) is 6.04 Å². The van der Waals surface area contributed by atoms with Crippen molar-refractivity contribution in [1.82, 2.24) is 5.32 Å². The standard InChI is InChI=1S/C14H20ClNS/c1-16-13(8-11-4-5-14(15)17-11)12-7-9-2-3-10(12)6-9/h4-5,9-10,12-13,16H,2-3,6-8H2,1H3. The van der Waals surface area contributed by atoms with E-state index in [9.17, 15) is 0 Å². The van der Waals surface area contributed by atoms with Crippen molar-refractivity contribution in [1.29, 1.82) is 0 Å². The summed E-state index contributed by atoms with van der Waals surface area (Å²) in [4.78, 5) is 1.43. The topological polar surface area (TPSA) is 12.0 Å². The third kappa shape index (κ3) is 2.40. The van der Waals surface area contributed by atoms with Crippen LogP contribution in [0.1, 0.15) is 30.6 Å². The molecule has 1 nitrogen and oxygen atoms in total. The van der Waals surface area contributed by atoms with E-state index in [4.69, 9.17) is 11.6 Å². The maximum absolute atomic E-state index is 6.01. The highest BCUT2D eigenvalue weighted by atomic mass is 35.5. The summed E-state index contributed by atoms with van der Waals surface area (Å²) in [5, 5.41) is 3.55. The average Bonchev–Trinajstić information content (AvgIpc) is 3.01. The molecule has 2 aliphatic carbocycles. The zero-order valence-corrected chi connectivity index (χ0v) is 11.9. The molecule has 4 atom stereocenters. The fourth-order valence-electron chi connectivity index (χ4n) is 3.93. The van der Waals surface area contributed by atoms with E-state index in [-0.39, 0.29) is 0 Å². The second-order valence-corrected chi connectivity index (χ2v) is 7.44. The van der Waals surface area contributed by atoms with Crippen LogP contribution in [0.15, 0.2) is 12.1 Å². The van der Waals surface area contributed by atoms with Gasteiger partial charge in [0.15, 0.2) is 0 Å². The van der Waals surface area contributed by atoms with E-state index in [1.54, 1.807) is 11.3 Å². The molecule has 1 N–H and O–H groups in total. The van der Waals surface area contributed by atoms with Crippen molar-refractivity contribution in [3.05, 3.63) is 21.3 Å². The zero-order valence-electron chi connectivity index (χ0n) is 10.3. The molecule has 3 heteroatoms. The number of halogens is 1. The molecular formula is C14H20ClNS. The first kappa shape index (κ1) is 12.0. The van der Waals surface area contributed by atoms with Crippen LogP contribution in [0.5, 0.6) is 0 Å². The van der Waals surface area contributed by atoms with Gasteiger partial charge in [0, 0.05) is 10.9 Å². The van der Waals surface area contributed by atoms with Gasteiger partial charge in [0.1, 0.15) is 0 Å². The molecule has 0 spiro atoms. The fourth-order valence-corrected chi connectivity index (χ4v) is 5.08. The maximum atomic E-state index is 6.01. The molecule has 94 valence electrons. The first-order valence-electron chi connectivity index (χ1n) is 6.67. The Morgan fingerprint density at radius 2 is 2.29 bits per heavy atom. The lowest BCUT2D eigenvalue weighted by molar-refractivity contribution is 0.256. The van der Waals surface area contributed by atoms with E-state index in [1.807, 2.05) is 6.07 Å². The maximum Gasteiger partial charge on any atom is 0.0931 e. The van der Waals surface area contributed by atoms with Crippen molar-refractivity contribution in [2.75, 3.05) is 7.05 Å². The fraction of sp³-hybridized carbons (Fsp3) is 0.714. The van der Waals surface area contributed by atoms with E-state index in [1.165, 1.54) is 30.6 Å². The molecule has 0 aromatic carbocycles. The van der Waals surface area contributed by atoms with Crippen molar-refractivity contribution in [2.45, 2.75) is 38.1 Å². The Kier molecular flexibility index (Phi) is 3.47. The summed E-state index contributed by atoms with van der Waals surface area (Å²) in [6, 6.07) is 4.86. The Hall–Kier alpha value is -0.0500. The lowest BCUT2D eigenvalue weighted by Gasteiger charge is -2.30. The van der Waals surface area contributed by atoms with Crippen molar-refractivity contribution in [2.24, 2.45) is 17.8 Å². The number of rotatable bonds is 4. The van der Waals surface area contributed by atoms with Gasteiger partial charge in [-0.2, -0.15) is 0 Å². The molecule has 2 fully saturated rings. The number of nitrogens with one attached hydrogen (secondary N) is 1. The van der Waals surface area contributed by atoms with Gasteiger partial charge in [-0.1, -0.05) is 18.0 Å². The Bertz CT molecular complexity index is 389. The molecule has 2 aliphatic rings. The molecule has 0 saturated heterocycles. The Morgan fingerprint density at radius 1 is 1.41 bits per heavy atom. The average molecular weight is 270 g/mol. The Morgan fingerprint density at radius 3 is 2.82 bits per heavy atom. The molecule has 1 aromatic heterocycles.